The number of fused-ring (bicyclic) bond motifs is 1. The number of rotatable bonds is 3. The molecule has 0 radical (unpaired) electrons. The third kappa shape index (κ3) is 2.24. The fraction of sp³-hybridized carbons (Fsp3) is 0.412. The van der Waals surface area contributed by atoms with E-state index in [2.05, 4.69) is 10.1 Å². The van der Waals surface area contributed by atoms with Crippen LogP contribution < -0.4 is 5.73 Å². The van der Waals surface area contributed by atoms with E-state index in [-0.39, 0.29) is 24.2 Å². The van der Waals surface area contributed by atoms with E-state index in [0.717, 1.165) is 36.1 Å². The maximum atomic E-state index is 12.5. The van der Waals surface area contributed by atoms with E-state index in [1.165, 1.54) is 0 Å². The van der Waals surface area contributed by atoms with Gasteiger partial charge in [0.05, 0.1) is 16.7 Å². The van der Waals surface area contributed by atoms with Gasteiger partial charge >= 0.3 is 0 Å². The molecule has 1 aromatic heterocycles. The van der Waals surface area contributed by atoms with Gasteiger partial charge < -0.3 is 10.3 Å². The molecule has 24 heavy (non-hydrogen) atoms. The molecule has 7 nitrogen and oxygen atoms in total. The van der Waals surface area contributed by atoms with Gasteiger partial charge in [0.25, 0.3) is 11.8 Å². The van der Waals surface area contributed by atoms with Crippen LogP contribution in [-0.2, 0) is 12.1 Å². The number of amides is 2. The Morgan fingerprint density at radius 2 is 1.92 bits per heavy atom. The molecule has 0 unspecified atom stereocenters. The minimum Gasteiger partial charge on any atom is -0.337 e. The lowest BCUT2D eigenvalue weighted by Gasteiger charge is -2.17. The van der Waals surface area contributed by atoms with Gasteiger partial charge in [0.15, 0.2) is 5.82 Å². The number of benzene rings is 1. The molecule has 0 bridgehead atoms. The Morgan fingerprint density at radius 1 is 1.21 bits per heavy atom. The van der Waals surface area contributed by atoms with E-state index < -0.39 is 5.54 Å². The van der Waals surface area contributed by atoms with Crippen LogP contribution in [0, 0.1) is 6.92 Å². The number of hydrogen-bond acceptors (Lipinski definition) is 6. The van der Waals surface area contributed by atoms with Crippen molar-refractivity contribution in [2.75, 3.05) is 0 Å². The summed E-state index contributed by atoms with van der Waals surface area (Å²) in [4.78, 5) is 30.4. The Morgan fingerprint density at radius 3 is 2.67 bits per heavy atom. The smallest absolute Gasteiger partial charge is 0.262 e. The highest BCUT2D eigenvalue weighted by Gasteiger charge is 2.39. The Kier molecular flexibility index (Phi) is 3.28. The first kappa shape index (κ1) is 15.0. The van der Waals surface area contributed by atoms with Gasteiger partial charge in [-0.05, 0) is 31.9 Å². The molecule has 2 aromatic rings. The average molecular weight is 326 g/mol. The van der Waals surface area contributed by atoms with Crippen LogP contribution in [0.5, 0.6) is 0 Å². The summed E-state index contributed by atoms with van der Waals surface area (Å²) in [5.41, 5.74) is 7.52. The highest BCUT2D eigenvalue weighted by molar-refractivity contribution is 6.21. The van der Waals surface area contributed by atoms with Gasteiger partial charge in [-0.1, -0.05) is 29.6 Å². The van der Waals surface area contributed by atoms with Crippen LogP contribution in [0.3, 0.4) is 0 Å². The molecular weight excluding hydrogens is 308 g/mol. The molecule has 7 heteroatoms. The summed E-state index contributed by atoms with van der Waals surface area (Å²) in [6, 6.07) is 5.22. The van der Waals surface area contributed by atoms with Crippen molar-refractivity contribution in [3.05, 3.63) is 46.6 Å². The Labute approximate surface area is 138 Å². The largest absolute Gasteiger partial charge is 0.337 e. The Hall–Kier alpha value is -2.54. The van der Waals surface area contributed by atoms with Crippen LogP contribution in [0.2, 0.25) is 0 Å². The zero-order valence-corrected chi connectivity index (χ0v) is 13.4. The van der Waals surface area contributed by atoms with Crippen molar-refractivity contribution in [2.24, 2.45) is 5.73 Å². The van der Waals surface area contributed by atoms with Crippen molar-refractivity contribution < 1.29 is 14.1 Å². The van der Waals surface area contributed by atoms with E-state index >= 15 is 0 Å². The molecule has 1 aromatic carbocycles. The predicted octanol–water partition coefficient (Wildman–Crippen LogP) is 1.90. The second-order valence-electron chi connectivity index (χ2n) is 6.62. The fourth-order valence-electron chi connectivity index (χ4n) is 3.43. The number of hydrogen-bond donors (Lipinski definition) is 1. The second kappa shape index (κ2) is 5.24. The summed E-state index contributed by atoms with van der Waals surface area (Å²) in [5.74, 6) is 0.0234. The number of aryl methyl sites for hydroxylation is 1. The highest BCUT2D eigenvalue weighted by atomic mass is 16.5. The zero-order valence-electron chi connectivity index (χ0n) is 13.4. The van der Waals surface area contributed by atoms with Crippen LogP contribution in [-0.4, -0.2) is 26.9 Å². The van der Waals surface area contributed by atoms with E-state index in [1.54, 1.807) is 12.1 Å². The first-order valence-electron chi connectivity index (χ1n) is 8.07. The highest BCUT2D eigenvalue weighted by Crippen LogP contribution is 2.34. The summed E-state index contributed by atoms with van der Waals surface area (Å²) >= 11 is 0. The van der Waals surface area contributed by atoms with Crippen LogP contribution in [0.1, 0.15) is 63.7 Å². The van der Waals surface area contributed by atoms with Crippen LogP contribution in [0.15, 0.2) is 22.7 Å². The van der Waals surface area contributed by atoms with Crippen LogP contribution >= 0.6 is 0 Å². The molecule has 0 atom stereocenters. The van der Waals surface area contributed by atoms with Crippen LogP contribution in [0.25, 0.3) is 0 Å². The van der Waals surface area contributed by atoms with Gasteiger partial charge in [0.1, 0.15) is 6.54 Å². The van der Waals surface area contributed by atoms with Crippen molar-refractivity contribution in [3.63, 3.8) is 0 Å². The van der Waals surface area contributed by atoms with Gasteiger partial charge in [-0.2, -0.15) is 4.98 Å². The molecule has 2 amide bonds. The number of carbonyl (C=O) groups excluding carboxylic acids is 2. The zero-order chi connectivity index (χ0) is 16.9. The fourth-order valence-corrected chi connectivity index (χ4v) is 3.43. The maximum absolute atomic E-state index is 12.5. The monoisotopic (exact) mass is 326 g/mol. The lowest BCUT2D eigenvalue weighted by molar-refractivity contribution is 0.0625. The minimum atomic E-state index is -0.555. The molecule has 0 spiro atoms. The first-order valence-corrected chi connectivity index (χ1v) is 8.07. The summed E-state index contributed by atoms with van der Waals surface area (Å²) in [7, 11) is 0. The lowest BCUT2D eigenvalue weighted by Crippen LogP contribution is -2.34. The standard InChI is InChI=1S/C17H18N4O3/c1-10-4-5-11-12(8-10)15(23)21(14(11)22)9-13-19-16(20-24-13)17(18)6-2-3-7-17/h4-5,8H,2-3,6-7,9,18H2,1H3. The van der Waals surface area contributed by atoms with Crippen molar-refractivity contribution in [2.45, 2.75) is 44.7 Å². The summed E-state index contributed by atoms with van der Waals surface area (Å²) in [6.07, 6.45) is 3.72. The molecule has 1 aliphatic heterocycles. The molecular formula is C17H18N4O3. The van der Waals surface area contributed by atoms with Gasteiger partial charge in [-0.15, -0.1) is 0 Å². The number of carbonyl (C=O) groups is 2. The Bertz CT molecular complexity index is 836. The first-order chi connectivity index (χ1) is 11.5. The number of nitrogens with zero attached hydrogens (tertiary/aromatic N) is 3. The van der Waals surface area contributed by atoms with Crippen molar-refractivity contribution in [3.8, 4) is 0 Å². The third-order valence-corrected chi connectivity index (χ3v) is 4.83. The van der Waals surface area contributed by atoms with Gasteiger partial charge in [-0.25, -0.2) is 0 Å². The molecule has 124 valence electrons. The lowest BCUT2D eigenvalue weighted by atomic mass is 9.99. The van der Waals surface area contributed by atoms with E-state index in [4.69, 9.17) is 10.3 Å². The van der Waals surface area contributed by atoms with E-state index in [9.17, 15) is 9.59 Å². The van der Waals surface area contributed by atoms with Gasteiger partial charge in [0, 0.05) is 0 Å². The van der Waals surface area contributed by atoms with E-state index in [0.29, 0.717) is 17.0 Å². The Balaban J connectivity index is 1.58. The summed E-state index contributed by atoms with van der Waals surface area (Å²) in [6.45, 7) is 1.85. The SMILES string of the molecule is Cc1ccc2c(c1)C(=O)N(Cc1nc(C3(N)CCCC3)no1)C2=O. The summed E-state index contributed by atoms with van der Waals surface area (Å²) < 4.78 is 5.24. The molecule has 2 N–H and O–H groups in total. The second-order valence-corrected chi connectivity index (χ2v) is 6.62. The predicted molar refractivity (Wildman–Crippen MR) is 84.0 cm³/mol. The normalized spacial score (nSPS) is 19.2. The molecule has 1 fully saturated rings. The third-order valence-electron chi connectivity index (χ3n) is 4.83. The summed E-state index contributed by atoms with van der Waals surface area (Å²) in [5, 5.41) is 3.96. The molecule has 1 saturated carbocycles. The van der Waals surface area contributed by atoms with Gasteiger partial charge in [-0.3, -0.25) is 14.5 Å². The van der Waals surface area contributed by atoms with Crippen molar-refractivity contribution >= 4 is 11.8 Å². The van der Waals surface area contributed by atoms with Crippen molar-refractivity contribution in [1.82, 2.24) is 15.0 Å². The molecule has 2 heterocycles. The van der Waals surface area contributed by atoms with Crippen LogP contribution in [0.4, 0.5) is 0 Å². The molecule has 1 aliphatic carbocycles. The average Bonchev–Trinajstić information content (AvgIpc) is 3.25. The van der Waals surface area contributed by atoms with Crippen molar-refractivity contribution in [1.29, 1.82) is 0 Å². The number of nitrogens with two attached hydrogens (primary N) is 1. The van der Waals surface area contributed by atoms with E-state index in [1.807, 2.05) is 13.0 Å². The topological polar surface area (TPSA) is 102 Å². The molecule has 4 rings (SSSR count). The van der Waals surface area contributed by atoms with Gasteiger partial charge in [0.2, 0.25) is 5.89 Å². The maximum Gasteiger partial charge on any atom is 0.262 e. The molecule has 0 saturated heterocycles. The minimum absolute atomic E-state index is 0.0333. The number of aromatic nitrogens is 2. The quantitative estimate of drug-likeness (QED) is 0.864. The molecule has 2 aliphatic rings. The number of imide groups is 1.